The molecule has 0 atom stereocenters. The first kappa shape index (κ1) is 15.3. The van der Waals surface area contributed by atoms with E-state index < -0.39 is 11.5 Å². The van der Waals surface area contributed by atoms with Gasteiger partial charge in [0.15, 0.2) is 5.12 Å². The molecule has 0 aromatic heterocycles. The third-order valence-electron chi connectivity index (χ3n) is 1.94. The normalized spacial score (nSPS) is 11.0. The Labute approximate surface area is 101 Å². The summed E-state index contributed by atoms with van der Waals surface area (Å²) in [4.78, 5) is 22.8. The fourth-order valence-electron chi connectivity index (χ4n) is 0.938. The summed E-state index contributed by atoms with van der Waals surface area (Å²) in [5.41, 5.74) is -0.549. The molecule has 0 unspecified atom stereocenters. The van der Waals surface area contributed by atoms with Crippen LogP contribution in [-0.2, 0) is 9.53 Å². The van der Waals surface area contributed by atoms with Gasteiger partial charge < -0.3 is 10.1 Å². The molecule has 0 aliphatic carbocycles. The molecule has 0 saturated carbocycles. The van der Waals surface area contributed by atoms with Crippen LogP contribution in [0, 0.1) is 5.41 Å². The zero-order chi connectivity index (χ0) is 12.6. The van der Waals surface area contributed by atoms with Gasteiger partial charge in [-0.3, -0.25) is 4.79 Å². The van der Waals surface area contributed by atoms with Gasteiger partial charge in [-0.15, -0.1) is 0 Å². The zero-order valence-electron chi connectivity index (χ0n) is 10.5. The second-order valence-corrected chi connectivity index (χ2v) is 5.16. The quantitative estimate of drug-likeness (QED) is 0.783. The van der Waals surface area contributed by atoms with Crippen molar-refractivity contribution in [2.24, 2.45) is 5.41 Å². The smallest absolute Gasteiger partial charge is 0.407 e. The Morgan fingerprint density at radius 3 is 2.44 bits per heavy atom. The summed E-state index contributed by atoms with van der Waals surface area (Å²) in [6.45, 7) is 8.07. The highest BCUT2D eigenvalue weighted by Gasteiger charge is 2.28. The van der Waals surface area contributed by atoms with Crippen LogP contribution < -0.4 is 5.32 Å². The molecule has 0 spiro atoms. The Balaban J connectivity index is 4.02. The van der Waals surface area contributed by atoms with E-state index in [9.17, 15) is 9.59 Å². The summed E-state index contributed by atoms with van der Waals surface area (Å²) in [5, 5.41) is 2.69. The lowest BCUT2D eigenvalue weighted by Gasteiger charge is -2.22. The van der Waals surface area contributed by atoms with Crippen molar-refractivity contribution in [3.63, 3.8) is 0 Å². The number of nitrogens with one attached hydrogen (secondary N) is 1. The molecule has 0 radical (unpaired) electrons. The molecule has 0 heterocycles. The largest absolute Gasteiger partial charge is 0.450 e. The van der Waals surface area contributed by atoms with Crippen molar-refractivity contribution < 1.29 is 14.3 Å². The van der Waals surface area contributed by atoms with Gasteiger partial charge in [-0.25, -0.2) is 4.79 Å². The molecule has 94 valence electrons. The number of hydrogen-bond donors (Lipinski definition) is 1. The molecule has 16 heavy (non-hydrogen) atoms. The fourth-order valence-corrected chi connectivity index (χ4v) is 1.79. The maximum atomic E-state index is 11.8. The van der Waals surface area contributed by atoms with Gasteiger partial charge in [0.1, 0.15) is 0 Å². The standard InChI is InChI=1S/C11H21NO3S/c1-5-7-16-9(13)11(3,4)8-12-10(14)15-6-2/h5-8H2,1-4H3,(H,12,14). The van der Waals surface area contributed by atoms with Gasteiger partial charge in [0, 0.05) is 12.3 Å². The van der Waals surface area contributed by atoms with Gasteiger partial charge in [0.25, 0.3) is 0 Å². The Morgan fingerprint density at radius 1 is 1.31 bits per heavy atom. The molecule has 1 N–H and O–H groups in total. The molecule has 0 aromatic rings. The monoisotopic (exact) mass is 247 g/mol. The van der Waals surface area contributed by atoms with E-state index in [4.69, 9.17) is 4.74 Å². The molecule has 0 aliphatic rings. The third-order valence-corrected chi connectivity index (χ3v) is 3.37. The minimum absolute atomic E-state index is 0.103. The summed E-state index contributed by atoms with van der Waals surface area (Å²) >= 11 is 1.32. The van der Waals surface area contributed by atoms with Crippen molar-refractivity contribution in [2.45, 2.75) is 34.1 Å². The minimum Gasteiger partial charge on any atom is -0.450 e. The van der Waals surface area contributed by atoms with Crippen molar-refractivity contribution in [1.82, 2.24) is 5.32 Å². The maximum Gasteiger partial charge on any atom is 0.407 e. The molecular formula is C11H21NO3S. The average molecular weight is 247 g/mol. The second kappa shape index (κ2) is 7.54. The fraction of sp³-hybridized carbons (Fsp3) is 0.818. The first-order valence-electron chi connectivity index (χ1n) is 5.52. The number of alkyl carbamates (subject to hydrolysis) is 1. The molecular weight excluding hydrogens is 226 g/mol. The summed E-state index contributed by atoms with van der Waals surface area (Å²) in [7, 11) is 0. The molecule has 0 rings (SSSR count). The number of thioether (sulfide) groups is 1. The van der Waals surface area contributed by atoms with E-state index in [0.717, 1.165) is 12.2 Å². The molecule has 0 aliphatic heterocycles. The number of amides is 1. The van der Waals surface area contributed by atoms with Crippen LogP contribution in [0.15, 0.2) is 0 Å². The molecule has 5 heteroatoms. The number of ether oxygens (including phenoxy) is 1. The Kier molecular flexibility index (Phi) is 7.21. The SMILES string of the molecule is CCCSC(=O)C(C)(C)CNC(=O)OCC. The van der Waals surface area contributed by atoms with Crippen LogP contribution in [0.3, 0.4) is 0 Å². The number of hydrogen-bond acceptors (Lipinski definition) is 4. The number of carbonyl (C=O) groups is 2. The summed E-state index contributed by atoms with van der Waals surface area (Å²) in [6.07, 6.45) is 0.501. The molecule has 1 amide bonds. The lowest BCUT2D eigenvalue weighted by molar-refractivity contribution is -0.117. The van der Waals surface area contributed by atoms with Crippen LogP contribution in [0.1, 0.15) is 34.1 Å². The van der Waals surface area contributed by atoms with Crippen molar-refractivity contribution in [2.75, 3.05) is 18.9 Å². The third kappa shape index (κ3) is 6.00. The second-order valence-electron chi connectivity index (χ2n) is 4.09. The van der Waals surface area contributed by atoms with Gasteiger partial charge in [-0.05, 0) is 13.3 Å². The highest BCUT2D eigenvalue weighted by molar-refractivity contribution is 8.13. The molecule has 0 bridgehead atoms. The van der Waals surface area contributed by atoms with E-state index in [1.165, 1.54) is 11.8 Å². The van der Waals surface area contributed by atoms with Crippen molar-refractivity contribution in [3.05, 3.63) is 0 Å². The highest BCUT2D eigenvalue weighted by Crippen LogP contribution is 2.23. The summed E-state index contributed by atoms with van der Waals surface area (Å²) in [6, 6.07) is 0. The zero-order valence-corrected chi connectivity index (χ0v) is 11.3. The predicted molar refractivity (Wildman–Crippen MR) is 66.6 cm³/mol. The van der Waals surface area contributed by atoms with Crippen LogP contribution in [0.4, 0.5) is 4.79 Å². The summed E-state index contributed by atoms with van der Waals surface area (Å²) in [5.74, 6) is 0.821. The van der Waals surface area contributed by atoms with Gasteiger partial charge in [0.05, 0.1) is 12.0 Å². The van der Waals surface area contributed by atoms with E-state index in [-0.39, 0.29) is 5.12 Å². The first-order chi connectivity index (χ1) is 7.44. The maximum absolute atomic E-state index is 11.8. The molecule has 0 saturated heterocycles. The van der Waals surface area contributed by atoms with Crippen molar-refractivity contribution in [3.8, 4) is 0 Å². The van der Waals surface area contributed by atoms with Crippen LogP contribution >= 0.6 is 11.8 Å². The van der Waals surface area contributed by atoms with E-state index in [1.54, 1.807) is 6.92 Å². The molecule has 4 nitrogen and oxygen atoms in total. The Morgan fingerprint density at radius 2 is 1.94 bits per heavy atom. The van der Waals surface area contributed by atoms with Crippen LogP contribution in [0.5, 0.6) is 0 Å². The van der Waals surface area contributed by atoms with E-state index in [2.05, 4.69) is 5.32 Å². The average Bonchev–Trinajstić information content (AvgIpc) is 2.23. The number of rotatable bonds is 6. The van der Waals surface area contributed by atoms with Gasteiger partial charge in [0.2, 0.25) is 0 Å². The van der Waals surface area contributed by atoms with E-state index >= 15 is 0 Å². The molecule has 0 fully saturated rings. The van der Waals surface area contributed by atoms with Crippen LogP contribution in [0.2, 0.25) is 0 Å². The van der Waals surface area contributed by atoms with Crippen LogP contribution in [0.25, 0.3) is 0 Å². The lowest BCUT2D eigenvalue weighted by atomic mass is 9.96. The Hall–Kier alpha value is -0.710. The van der Waals surface area contributed by atoms with Gasteiger partial charge in [-0.2, -0.15) is 0 Å². The molecule has 0 aromatic carbocycles. The minimum atomic E-state index is -0.549. The lowest BCUT2D eigenvalue weighted by Crippen LogP contribution is -2.38. The van der Waals surface area contributed by atoms with E-state index in [0.29, 0.717) is 13.2 Å². The number of carbonyl (C=O) groups excluding carboxylic acids is 2. The van der Waals surface area contributed by atoms with Gasteiger partial charge >= 0.3 is 6.09 Å². The van der Waals surface area contributed by atoms with Crippen molar-refractivity contribution in [1.29, 1.82) is 0 Å². The summed E-state index contributed by atoms with van der Waals surface area (Å²) < 4.78 is 4.73. The van der Waals surface area contributed by atoms with E-state index in [1.807, 2.05) is 20.8 Å². The highest BCUT2D eigenvalue weighted by atomic mass is 32.2. The van der Waals surface area contributed by atoms with Gasteiger partial charge in [-0.1, -0.05) is 32.5 Å². The topological polar surface area (TPSA) is 55.4 Å². The predicted octanol–water partition coefficient (Wildman–Crippen LogP) is 2.43. The van der Waals surface area contributed by atoms with Crippen molar-refractivity contribution >= 4 is 23.0 Å². The van der Waals surface area contributed by atoms with Crippen LogP contribution in [-0.4, -0.2) is 30.1 Å². The first-order valence-corrected chi connectivity index (χ1v) is 6.50. The Bertz CT molecular complexity index is 241.